The van der Waals surface area contributed by atoms with Crippen molar-refractivity contribution >= 4 is 10.1 Å². The molecule has 0 fully saturated rings. The predicted octanol–water partition coefficient (Wildman–Crippen LogP) is 3.67. The van der Waals surface area contributed by atoms with Gasteiger partial charge < -0.3 is 9.47 Å². The highest BCUT2D eigenvalue weighted by Gasteiger charge is 2.38. The van der Waals surface area contributed by atoms with Gasteiger partial charge in [0.15, 0.2) is 39.7 Å². The monoisotopic (exact) mass is 410 g/mol. The van der Waals surface area contributed by atoms with Gasteiger partial charge >= 0.3 is 10.1 Å². The normalized spacial score (nSPS) is 15.2. The molecule has 27 heavy (non-hydrogen) atoms. The van der Waals surface area contributed by atoms with Crippen molar-refractivity contribution in [1.29, 1.82) is 0 Å². The van der Waals surface area contributed by atoms with Gasteiger partial charge in [-0.2, -0.15) is 8.42 Å². The van der Waals surface area contributed by atoms with Gasteiger partial charge in [0, 0.05) is 13.3 Å². The van der Waals surface area contributed by atoms with Crippen molar-refractivity contribution in [3.05, 3.63) is 53.4 Å². The molecule has 0 amide bonds. The van der Waals surface area contributed by atoms with Crippen LogP contribution >= 0.6 is 0 Å². The Bertz CT molecular complexity index is 954. The van der Waals surface area contributed by atoms with Gasteiger partial charge in [0.05, 0.1) is 6.61 Å². The highest BCUT2D eigenvalue weighted by atomic mass is 32.2. The van der Waals surface area contributed by atoms with Crippen LogP contribution in [0.15, 0.2) is 29.2 Å². The number of ether oxygens (including phenoxy) is 2. The Balaban J connectivity index is 1.76. The number of halogens is 5. The second-order valence-electron chi connectivity index (χ2n) is 5.71. The fourth-order valence-corrected chi connectivity index (χ4v) is 3.45. The van der Waals surface area contributed by atoms with Gasteiger partial charge in [-0.25, -0.2) is 22.0 Å². The lowest BCUT2D eigenvalue weighted by Gasteiger charge is -2.22. The SMILES string of the molecule is CC1(CCOS(=O)(=O)c2c(F)c(F)c(F)c(F)c2F)Oc2ccccc2O1. The summed E-state index contributed by atoms with van der Waals surface area (Å²) in [6, 6.07) is 6.57. The van der Waals surface area contributed by atoms with Crippen molar-refractivity contribution in [2.45, 2.75) is 24.0 Å². The van der Waals surface area contributed by atoms with Crippen LogP contribution in [0, 0.1) is 29.1 Å². The number of rotatable bonds is 5. The van der Waals surface area contributed by atoms with E-state index in [-0.39, 0.29) is 6.42 Å². The maximum absolute atomic E-state index is 13.7. The topological polar surface area (TPSA) is 61.8 Å². The quantitative estimate of drug-likeness (QED) is 0.326. The van der Waals surface area contributed by atoms with Gasteiger partial charge in [-0.1, -0.05) is 12.1 Å². The van der Waals surface area contributed by atoms with Crippen LogP contribution in [0.3, 0.4) is 0 Å². The van der Waals surface area contributed by atoms with Crippen molar-refractivity contribution < 1.29 is 44.0 Å². The van der Waals surface area contributed by atoms with Crippen LogP contribution in [0.5, 0.6) is 11.5 Å². The largest absolute Gasteiger partial charge is 0.449 e. The van der Waals surface area contributed by atoms with Gasteiger partial charge in [0.25, 0.3) is 5.79 Å². The van der Waals surface area contributed by atoms with Gasteiger partial charge in [-0.15, -0.1) is 0 Å². The van der Waals surface area contributed by atoms with Gasteiger partial charge in [0.2, 0.25) is 5.82 Å². The molecule has 0 atom stereocenters. The molecule has 3 rings (SSSR count). The summed E-state index contributed by atoms with van der Waals surface area (Å²) in [6.07, 6.45) is -0.226. The first-order chi connectivity index (χ1) is 12.6. The van der Waals surface area contributed by atoms with Crippen molar-refractivity contribution in [2.75, 3.05) is 6.61 Å². The molecule has 0 aliphatic carbocycles. The minimum absolute atomic E-state index is 0.226. The molecule has 0 spiro atoms. The minimum Gasteiger partial charge on any atom is -0.449 e. The summed E-state index contributed by atoms with van der Waals surface area (Å²) in [6.45, 7) is 0.758. The van der Waals surface area contributed by atoms with Crippen LogP contribution < -0.4 is 9.47 Å². The lowest BCUT2D eigenvalue weighted by molar-refractivity contribution is -0.0746. The third kappa shape index (κ3) is 3.44. The maximum Gasteiger partial charge on any atom is 0.303 e. The average Bonchev–Trinajstić information content (AvgIpc) is 2.94. The van der Waals surface area contributed by atoms with E-state index in [0.29, 0.717) is 11.5 Å². The number of benzene rings is 2. The van der Waals surface area contributed by atoms with E-state index in [4.69, 9.17) is 9.47 Å². The highest BCUT2D eigenvalue weighted by molar-refractivity contribution is 7.86. The van der Waals surface area contributed by atoms with Crippen LogP contribution in [0.2, 0.25) is 0 Å². The first-order valence-electron chi connectivity index (χ1n) is 7.44. The Kier molecular flexibility index (Phi) is 4.76. The van der Waals surface area contributed by atoms with Gasteiger partial charge in [-0.05, 0) is 12.1 Å². The fourth-order valence-electron chi connectivity index (χ4n) is 2.41. The summed E-state index contributed by atoms with van der Waals surface area (Å²) in [5, 5.41) is 0. The van der Waals surface area contributed by atoms with Crippen molar-refractivity contribution in [3.63, 3.8) is 0 Å². The third-order valence-electron chi connectivity index (χ3n) is 3.72. The zero-order valence-corrected chi connectivity index (χ0v) is 14.4. The second-order valence-corrected chi connectivity index (χ2v) is 7.26. The molecule has 0 saturated carbocycles. The number of fused-ring (bicyclic) bond motifs is 1. The maximum atomic E-state index is 13.7. The van der Waals surface area contributed by atoms with Crippen LogP contribution in [-0.2, 0) is 14.3 Å². The summed E-state index contributed by atoms with van der Waals surface area (Å²) >= 11 is 0. The van der Waals surface area contributed by atoms with E-state index in [1.54, 1.807) is 24.3 Å². The van der Waals surface area contributed by atoms with Gasteiger partial charge in [-0.3, -0.25) is 4.18 Å². The van der Waals surface area contributed by atoms with Gasteiger partial charge in [0.1, 0.15) is 0 Å². The molecule has 0 saturated heterocycles. The Labute approximate surface area is 150 Å². The van der Waals surface area contributed by atoms with E-state index >= 15 is 0 Å². The van der Waals surface area contributed by atoms with E-state index < -0.39 is 56.5 Å². The third-order valence-corrected chi connectivity index (χ3v) is 5.05. The van der Waals surface area contributed by atoms with E-state index in [2.05, 4.69) is 4.18 Å². The van der Waals surface area contributed by atoms with E-state index in [9.17, 15) is 30.4 Å². The zero-order chi connectivity index (χ0) is 20.0. The van der Waals surface area contributed by atoms with E-state index in [0.717, 1.165) is 0 Å². The summed E-state index contributed by atoms with van der Waals surface area (Å²) in [5.74, 6) is -12.8. The first kappa shape index (κ1) is 19.4. The Hall–Kier alpha value is -2.40. The minimum atomic E-state index is -5.28. The molecule has 11 heteroatoms. The average molecular weight is 410 g/mol. The molecule has 1 aliphatic rings. The number of para-hydroxylation sites is 2. The molecule has 0 N–H and O–H groups in total. The molecule has 146 valence electrons. The zero-order valence-electron chi connectivity index (χ0n) is 13.6. The smallest absolute Gasteiger partial charge is 0.303 e. The molecular formula is C16H11F5O5S. The lowest BCUT2D eigenvalue weighted by Crippen LogP contribution is -2.36. The molecule has 0 aromatic heterocycles. The first-order valence-corrected chi connectivity index (χ1v) is 8.84. The molecule has 2 aromatic carbocycles. The summed E-state index contributed by atoms with van der Waals surface area (Å²) < 4.78 is 106. The molecular weight excluding hydrogens is 399 g/mol. The molecule has 0 radical (unpaired) electrons. The lowest BCUT2D eigenvalue weighted by atomic mass is 10.2. The van der Waals surface area contributed by atoms with E-state index in [1.807, 2.05) is 0 Å². The molecule has 0 bridgehead atoms. The molecule has 0 unspecified atom stereocenters. The fraction of sp³-hybridized carbons (Fsp3) is 0.250. The number of hydrogen-bond acceptors (Lipinski definition) is 5. The van der Waals surface area contributed by atoms with E-state index in [1.165, 1.54) is 6.92 Å². The Morgan fingerprint density at radius 2 is 1.33 bits per heavy atom. The molecule has 5 nitrogen and oxygen atoms in total. The standard InChI is InChI=1S/C16H11F5O5S/c1-16(25-8-4-2-3-5-9(8)26-16)6-7-24-27(22,23)15-13(20)11(18)10(17)12(19)14(15)21/h2-5H,6-7H2,1H3. The summed E-state index contributed by atoms with van der Waals surface area (Å²) in [5.41, 5.74) is 0. The van der Waals surface area contributed by atoms with Crippen LogP contribution in [-0.4, -0.2) is 20.8 Å². The molecule has 1 heterocycles. The number of hydrogen-bond donors (Lipinski definition) is 0. The van der Waals surface area contributed by atoms with Crippen LogP contribution in [0.4, 0.5) is 22.0 Å². The second kappa shape index (κ2) is 6.64. The molecule has 2 aromatic rings. The molecule has 1 aliphatic heterocycles. The van der Waals surface area contributed by atoms with Crippen LogP contribution in [0.1, 0.15) is 13.3 Å². The highest BCUT2D eigenvalue weighted by Crippen LogP contribution is 2.40. The summed E-state index contributed by atoms with van der Waals surface area (Å²) in [4.78, 5) is -2.06. The van der Waals surface area contributed by atoms with Crippen molar-refractivity contribution in [2.24, 2.45) is 0 Å². The Morgan fingerprint density at radius 3 is 1.81 bits per heavy atom. The van der Waals surface area contributed by atoms with Crippen molar-refractivity contribution in [3.8, 4) is 11.5 Å². The summed E-state index contributed by atoms with van der Waals surface area (Å²) in [7, 11) is -5.28. The van der Waals surface area contributed by atoms with Crippen LogP contribution in [0.25, 0.3) is 0 Å². The van der Waals surface area contributed by atoms with Crippen molar-refractivity contribution in [1.82, 2.24) is 0 Å². The predicted molar refractivity (Wildman–Crippen MR) is 80.1 cm³/mol. The Morgan fingerprint density at radius 1 is 0.889 bits per heavy atom.